The zero-order valence-corrected chi connectivity index (χ0v) is 16.7. The van der Waals surface area contributed by atoms with E-state index < -0.39 is 17.4 Å². The Bertz CT molecular complexity index is 880. The van der Waals surface area contributed by atoms with Crippen molar-refractivity contribution in [1.29, 1.82) is 0 Å². The first-order chi connectivity index (χ1) is 14.0. The van der Waals surface area contributed by atoms with Crippen molar-refractivity contribution in [2.24, 2.45) is 0 Å². The fourth-order valence-corrected chi connectivity index (χ4v) is 3.55. The summed E-state index contributed by atoms with van der Waals surface area (Å²) in [6.07, 6.45) is 4.57. The molecule has 2 aromatic rings. The minimum absolute atomic E-state index is 0.118. The number of carbonyl (C=O) groups is 2. The molecular formula is C23H26N2O4. The van der Waals surface area contributed by atoms with Crippen LogP contribution in [0.4, 0.5) is 0 Å². The predicted molar refractivity (Wildman–Crippen MR) is 110 cm³/mol. The van der Waals surface area contributed by atoms with Crippen molar-refractivity contribution in [2.45, 2.75) is 31.7 Å². The van der Waals surface area contributed by atoms with Gasteiger partial charge in [-0.2, -0.15) is 0 Å². The number of hydroxylamine groups is 1. The van der Waals surface area contributed by atoms with Gasteiger partial charge in [0.05, 0.1) is 5.41 Å². The van der Waals surface area contributed by atoms with Gasteiger partial charge in [-0.3, -0.25) is 14.8 Å². The van der Waals surface area contributed by atoms with Gasteiger partial charge in [0.25, 0.3) is 5.91 Å². The maximum Gasteiger partial charge on any atom is 0.265 e. The quantitative estimate of drug-likeness (QED) is 0.559. The van der Waals surface area contributed by atoms with Crippen LogP contribution in [0.25, 0.3) is 6.08 Å². The number of benzene rings is 2. The van der Waals surface area contributed by atoms with E-state index in [0.717, 1.165) is 16.9 Å². The Morgan fingerprint density at radius 3 is 2.59 bits per heavy atom. The molecule has 1 aliphatic rings. The summed E-state index contributed by atoms with van der Waals surface area (Å²) in [5.74, 6) is 0.0216. The molecule has 2 aromatic carbocycles. The van der Waals surface area contributed by atoms with E-state index in [9.17, 15) is 9.59 Å². The molecule has 1 saturated heterocycles. The van der Waals surface area contributed by atoms with E-state index in [1.54, 1.807) is 12.4 Å². The van der Waals surface area contributed by atoms with Gasteiger partial charge in [0.2, 0.25) is 5.91 Å². The second kappa shape index (κ2) is 8.92. The van der Waals surface area contributed by atoms with Crippen molar-refractivity contribution >= 4 is 17.9 Å². The molecule has 2 atom stereocenters. The molecule has 1 heterocycles. The van der Waals surface area contributed by atoms with Gasteiger partial charge in [0.15, 0.2) is 0 Å². The van der Waals surface area contributed by atoms with Gasteiger partial charge in [-0.25, -0.2) is 5.48 Å². The first-order valence-electron chi connectivity index (χ1n) is 9.65. The van der Waals surface area contributed by atoms with E-state index in [2.05, 4.69) is 0 Å². The highest BCUT2D eigenvalue weighted by Crippen LogP contribution is 2.37. The molecule has 2 N–H and O–H groups in total. The van der Waals surface area contributed by atoms with Crippen LogP contribution in [0.15, 0.2) is 60.7 Å². The second-order valence-corrected chi connectivity index (χ2v) is 7.38. The minimum Gasteiger partial charge on any atom is -0.490 e. The summed E-state index contributed by atoms with van der Waals surface area (Å²) >= 11 is 0. The van der Waals surface area contributed by atoms with Gasteiger partial charge < -0.3 is 9.64 Å². The molecule has 152 valence electrons. The highest BCUT2D eigenvalue weighted by Gasteiger charge is 2.46. The van der Waals surface area contributed by atoms with Gasteiger partial charge in [-0.1, -0.05) is 48.5 Å². The van der Waals surface area contributed by atoms with Crippen molar-refractivity contribution in [2.75, 3.05) is 13.2 Å². The van der Waals surface area contributed by atoms with Crippen LogP contribution in [0.1, 0.15) is 31.4 Å². The number of ether oxygens (including phenoxy) is 1. The van der Waals surface area contributed by atoms with Gasteiger partial charge in [-0.05, 0) is 49.6 Å². The van der Waals surface area contributed by atoms with Crippen molar-refractivity contribution in [3.8, 4) is 5.75 Å². The summed E-state index contributed by atoms with van der Waals surface area (Å²) in [7, 11) is 0. The summed E-state index contributed by atoms with van der Waals surface area (Å²) in [5.41, 5.74) is 2.92. The number of carbonyl (C=O) groups excluding carboxylic acids is 2. The number of nitrogens with zero attached hydrogens (tertiary/aromatic N) is 1. The monoisotopic (exact) mass is 394 g/mol. The van der Waals surface area contributed by atoms with E-state index in [1.807, 2.05) is 73.7 Å². The SMILES string of the molecule is CC(C(=O)NO)N1CCC(C)(c2ccc(OCC=Cc3ccccc3)cc2)C1=O. The van der Waals surface area contributed by atoms with Crippen LogP contribution in [0.2, 0.25) is 0 Å². The third-order valence-corrected chi connectivity index (χ3v) is 5.49. The molecule has 29 heavy (non-hydrogen) atoms. The molecule has 0 saturated carbocycles. The smallest absolute Gasteiger partial charge is 0.265 e. The van der Waals surface area contributed by atoms with Crippen LogP contribution in [-0.4, -0.2) is 41.1 Å². The molecule has 3 rings (SSSR count). The topological polar surface area (TPSA) is 78.9 Å². The van der Waals surface area contributed by atoms with Crippen LogP contribution >= 0.6 is 0 Å². The molecule has 1 fully saturated rings. The van der Waals surface area contributed by atoms with Gasteiger partial charge in [0.1, 0.15) is 18.4 Å². The Labute approximate surface area is 170 Å². The third-order valence-electron chi connectivity index (χ3n) is 5.49. The first kappa shape index (κ1) is 20.6. The molecule has 0 spiro atoms. The zero-order valence-electron chi connectivity index (χ0n) is 16.7. The molecule has 1 aliphatic heterocycles. The number of nitrogens with one attached hydrogen (secondary N) is 1. The van der Waals surface area contributed by atoms with Crippen molar-refractivity contribution in [3.63, 3.8) is 0 Å². The fraction of sp³-hybridized carbons (Fsp3) is 0.304. The summed E-state index contributed by atoms with van der Waals surface area (Å²) in [4.78, 5) is 26.1. The lowest BCUT2D eigenvalue weighted by atomic mass is 9.81. The first-order valence-corrected chi connectivity index (χ1v) is 9.65. The largest absolute Gasteiger partial charge is 0.490 e. The minimum atomic E-state index is -0.715. The van der Waals surface area contributed by atoms with E-state index in [0.29, 0.717) is 19.6 Å². The Balaban J connectivity index is 1.61. The molecule has 2 unspecified atom stereocenters. The van der Waals surface area contributed by atoms with E-state index in [1.165, 1.54) is 4.90 Å². The van der Waals surface area contributed by atoms with Gasteiger partial charge in [-0.15, -0.1) is 0 Å². The number of hydrogen-bond donors (Lipinski definition) is 2. The highest BCUT2D eigenvalue weighted by molar-refractivity contribution is 5.94. The Morgan fingerprint density at radius 2 is 1.93 bits per heavy atom. The lowest BCUT2D eigenvalue weighted by Gasteiger charge is -2.27. The lowest BCUT2D eigenvalue weighted by Crippen LogP contribution is -2.47. The number of amides is 2. The fourth-order valence-electron chi connectivity index (χ4n) is 3.55. The molecular weight excluding hydrogens is 368 g/mol. The molecule has 2 amide bonds. The lowest BCUT2D eigenvalue weighted by molar-refractivity contribution is -0.143. The highest BCUT2D eigenvalue weighted by atomic mass is 16.5. The van der Waals surface area contributed by atoms with E-state index >= 15 is 0 Å². The number of hydrogen-bond acceptors (Lipinski definition) is 4. The molecule has 0 bridgehead atoms. The van der Waals surface area contributed by atoms with Crippen molar-refractivity contribution < 1.29 is 19.5 Å². The van der Waals surface area contributed by atoms with Crippen LogP contribution in [0.5, 0.6) is 5.75 Å². The zero-order chi connectivity index (χ0) is 20.9. The van der Waals surface area contributed by atoms with Crippen molar-refractivity contribution in [3.05, 3.63) is 71.8 Å². The molecule has 0 radical (unpaired) electrons. The van der Waals surface area contributed by atoms with Gasteiger partial charge >= 0.3 is 0 Å². The second-order valence-electron chi connectivity index (χ2n) is 7.38. The standard InChI is InChI=1S/C23H26N2O4/c1-17(21(26)24-28)25-15-14-23(2,22(25)27)19-10-12-20(13-11-19)29-16-6-9-18-7-4-3-5-8-18/h3-13,17,28H,14-16H2,1-2H3,(H,24,26). The number of rotatable bonds is 7. The Kier molecular flexibility index (Phi) is 6.34. The average molecular weight is 394 g/mol. The van der Waals surface area contributed by atoms with Crippen LogP contribution in [0.3, 0.4) is 0 Å². The molecule has 0 aromatic heterocycles. The molecule has 0 aliphatic carbocycles. The van der Waals surface area contributed by atoms with E-state index in [4.69, 9.17) is 9.94 Å². The third kappa shape index (κ3) is 4.49. The normalized spacial score (nSPS) is 20.1. The molecule has 6 heteroatoms. The Morgan fingerprint density at radius 1 is 1.24 bits per heavy atom. The van der Waals surface area contributed by atoms with Gasteiger partial charge in [0, 0.05) is 6.54 Å². The average Bonchev–Trinajstić information content (AvgIpc) is 3.07. The summed E-state index contributed by atoms with van der Waals surface area (Å²) < 4.78 is 5.75. The van der Waals surface area contributed by atoms with E-state index in [-0.39, 0.29) is 5.91 Å². The molecule has 6 nitrogen and oxygen atoms in total. The summed E-state index contributed by atoms with van der Waals surface area (Å²) in [6, 6.07) is 16.8. The van der Waals surface area contributed by atoms with Crippen LogP contribution in [-0.2, 0) is 15.0 Å². The summed E-state index contributed by atoms with van der Waals surface area (Å²) in [6.45, 7) is 4.41. The van der Waals surface area contributed by atoms with Crippen LogP contribution in [0, 0.1) is 0 Å². The predicted octanol–water partition coefficient (Wildman–Crippen LogP) is 3.16. The number of likely N-dealkylation sites (tertiary alicyclic amines) is 1. The van der Waals surface area contributed by atoms with Crippen LogP contribution < -0.4 is 10.2 Å². The van der Waals surface area contributed by atoms with Crippen molar-refractivity contribution in [1.82, 2.24) is 10.4 Å². The summed E-state index contributed by atoms with van der Waals surface area (Å²) in [5, 5.41) is 8.83. The maximum atomic E-state index is 12.9. The maximum absolute atomic E-state index is 12.9. The Hall–Kier alpha value is -3.12.